The van der Waals surface area contributed by atoms with Gasteiger partial charge in [0.15, 0.2) is 5.82 Å². The van der Waals surface area contributed by atoms with Crippen LogP contribution >= 0.6 is 11.3 Å². The highest BCUT2D eigenvalue weighted by Gasteiger charge is 2.37. The second-order valence-corrected chi connectivity index (χ2v) is 10.5. The maximum Gasteiger partial charge on any atom is 0.309 e. The number of aryl methyl sites for hydroxylation is 2. The Morgan fingerprint density at radius 3 is 2.53 bits per heavy atom. The maximum atomic E-state index is 12.3. The largest absolute Gasteiger partial charge is 0.492 e. The average Bonchev–Trinajstić information content (AvgIpc) is 3.39. The van der Waals surface area contributed by atoms with Gasteiger partial charge in [0.05, 0.1) is 11.6 Å². The van der Waals surface area contributed by atoms with Crippen LogP contribution in [-0.2, 0) is 4.79 Å². The van der Waals surface area contributed by atoms with Gasteiger partial charge in [0.25, 0.3) is 0 Å². The number of para-hydroxylation sites is 1. The lowest BCUT2D eigenvalue weighted by atomic mass is 9.95. The summed E-state index contributed by atoms with van der Waals surface area (Å²) in [6.45, 7) is 9.17. The van der Waals surface area contributed by atoms with Crippen LogP contribution in [0.4, 0.5) is 5.69 Å². The first-order valence-corrected chi connectivity index (χ1v) is 13.6. The third kappa shape index (κ3) is 4.81. The fraction of sp³-hybridized carbons (Fsp3) is 0.310. The average molecular weight is 530 g/mol. The Hall–Kier alpha value is -3.98. The number of aromatic nitrogens is 3. The van der Waals surface area contributed by atoms with Crippen LogP contribution in [0, 0.1) is 26.7 Å². The van der Waals surface area contributed by atoms with E-state index in [1.165, 1.54) is 4.88 Å². The molecule has 1 aliphatic rings. The molecule has 2 atom stereocenters. The molecule has 4 aromatic rings. The lowest BCUT2D eigenvalue weighted by Crippen LogP contribution is -2.23. The van der Waals surface area contributed by atoms with Crippen LogP contribution in [0.25, 0.3) is 5.00 Å². The standard InChI is InChI=1S/C29H31N5O3S/c1-5-23(29(35)36)26-27-33-32-19(4)34(27)28-24(17(2)18(3)38-28)25(31-26)20-11-13-21(14-12-20)30-15-16-37-22-9-7-6-8-10-22/h6-14,23,26,30H,5,15-16H2,1-4H3,(H,35,36)/t23-,26?/m0/s1. The first-order chi connectivity index (χ1) is 18.4. The maximum absolute atomic E-state index is 12.3. The number of carbonyl (C=O) groups is 1. The second kappa shape index (κ2) is 10.8. The molecule has 38 heavy (non-hydrogen) atoms. The molecule has 196 valence electrons. The van der Waals surface area contributed by atoms with E-state index >= 15 is 0 Å². The number of aliphatic carboxylic acids is 1. The van der Waals surface area contributed by atoms with E-state index < -0.39 is 17.9 Å². The number of carboxylic acids is 1. The van der Waals surface area contributed by atoms with Crippen LogP contribution in [-0.4, -0.2) is 44.7 Å². The molecule has 0 fully saturated rings. The minimum Gasteiger partial charge on any atom is -0.492 e. The Morgan fingerprint density at radius 2 is 1.84 bits per heavy atom. The van der Waals surface area contributed by atoms with Crippen LogP contribution in [0.15, 0.2) is 59.6 Å². The van der Waals surface area contributed by atoms with Crippen molar-refractivity contribution in [3.63, 3.8) is 0 Å². The number of nitrogens with zero attached hydrogens (tertiary/aromatic N) is 4. The normalized spacial score (nSPS) is 15.2. The van der Waals surface area contributed by atoms with Crippen molar-refractivity contribution < 1.29 is 14.6 Å². The van der Waals surface area contributed by atoms with E-state index in [1.54, 1.807) is 11.3 Å². The van der Waals surface area contributed by atoms with Gasteiger partial charge in [-0.3, -0.25) is 14.4 Å². The van der Waals surface area contributed by atoms with Crippen molar-refractivity contribution in [3.05, 3.63) is 87.8 Å². The van der Waals surface area contributed by atoms with Gasteiger partial charge in [-0.05, 0) is 57.0 Å². The highest BCUT2D eigenvalue weighted by Crippen LogP contribution is 2.41. The highest BCUT2D eigenvalue weighted by molar-refractivity contribution is 7.15. The minimum atomic E-state index is -0.886. The number of fused-ring (bicyclic) bond motifs is 3. The third-order valence-corrected chi connectivity index (χ3v) is 8.12. The molecule has 8 nitrogen and oxygen atoms in total. The number of benzene rings is 2. The summed E-state index contributed by atoms with van der Waals surface area (Å²) in [5.41, 5.74) is 4.83. The summed E-state index contributed by atoms with van der Waals surface area (Å²) >= 11 is 1.66. The van der Waals surface area contributed by atoms with Crippen LogP contribution < -0.4 is 10.1 Å². The number of aliphatic imine (C=N–C) groups is 1. The molecule has 0 radical (unpaired) electrons. The molecule has 0 saturated heterocycles. The molecule has 0 saturated carbocycles. The summed E-state index contributed by atoms with van der Waals surface area (Å²) in [6, 6.07) is 17.2. The van der Waals surface area contributed by atoms with Gasteiger partial charge in [0.2, 0.25) is 0 Å². The van der Waals surface area contributed by atoms with Gasteiger partial charge in [-0.2, -0.15) is 0 Å². The van der Waals surface area contributed by atoms with E-state index in [0.29, 0.717) is 25.4 Å². The van der Waals surface area contributed by atoms with Gasteiger partial charge < -0.3 is 15.2 Å². The van der Waals surface area contributed by atoms with Gasteiger partial charge in [0.1, 0.15) is 29.2 Å². The van der Waals surface area contributed by atoms with Crippen molar-refractivity contribution in [2.45, 2.75) is 40.2 Å². The van der Waals surface area contributed by atoms with Gasteiger partial charge in [-0.25, -0.2) is 0 Å². The Balaban J connectivity index is 1.47. The Labute approximate surface area is 226 Å². The molecule has 0 aliphatic carbocycles. The molecule has 1 unspecified atom stereocenters. The van der Waals surface area contributed by atoms with Crippen molar-refractivity contribution >= 4 is 28.7 Å². The van der Waals surface area contributed by atoms with Crippen LogP contribution in [0.2, 0.25) is 0 Å². The molecule has 1 aliphatic heterocycles. The van der Waals surface area contributed by atoms with Gasteiger partial charge in [-0.1, -0.05) is 37.3 Å². The quantitative estimate of drug-likeness (QED) is 0.268. The topological polar surface area (TPSA) is 102 Å². The number of hydrogen-bond donors (Lipinski definition) is 2. The smallest absolute Gasteiger partial charge is 0.309 e. The monoisotopic (exact) mass is 529 g/mol. The van der Waals surface area contributed by atoms with Crippen LogP contribution in [0.1, 0.15) is 52.6 Å². The number of thiophene rings is 1. The van der Waals surface area contributed by atoms with E-state index in [4.69, 9.17) is 9.73 Å². The van der Waals surface area contributed by atoms with E-state index in [0.717, 1.165) is 44.7 Å². The van der Waals surface area contributed by atoms with Gasteiger partial charge >= 0.3 is 5.97 Å². The highest BCUT2D eigenvalue weighted by atomic mass is 32.1. The Kier molecular flexibility index (Phi) is 7.28. The number of nitrogens with one attached hydrogen (secondary N) is 1. The van der Waals surface area contributed by atoms with Crippen molar-refractivity contribution in [1.29, 1.82) is 0 Å². The first kappa shape index (κ1) is 25.7. The molecular weight excluding hydrogens is 498 g/mol. The number of hydrogen-bond acceptors (Lipinski definition) is 7. The van der Waals surface area contributed by atoms with Crippen molar-refractivity contribution in [3.8, 4) is 10.8 Å². The lowest BCUT2D eigenvalue weighted by molar-refractivity contribution is -0.142. The van der Waals surface area contributed by atoms with E-state index in [9.17, 15) is 9.90 Å². The summed E-state index contributed by atoms with van der Waals surface area (Å²) in [5.74, 6) is 0.545. The zero-order valence-corrected chi connectivity index (χ0v) is 22.7. The minimum absolute atomic E-state index is 0.433. The van der Waals surface area contributed by atoms with Crippen molar-refractivity contribution in [2.24, 2.45) is 10.9 Å². The number of rotatable bonds is 9. The third-order valence-electron chi connectivity index (χ3n) is 6.93. The summed E-state index contributed by atoms with van der Waals surface area (Å²) in [4.78, 5) is 18.6. The molecule has 2 N–H and O–H groups in total. The Bertz CT molecular complexity index is 1470. The van der Waals surface area contributed by atoms with Crippen molar-refractivity contribution in [2.75, 3.05) is 18.5 Å². The van der Waals surface area contributed by atoms with Crippen LogP contribution in [0.5, 0.6) is 5.75 Å². The van der Waals surface area contributed by atoms with E-state index in [1.807, 2.05) is 73.0 Å². The lowest BCUT2D eigenvalue weighted by Gasteiger charge is -2.19. The van der Waals surface area contributed by atoms with E-state index in [2.05, 4.69) is 29.4 Å². The molecule has 9 heteroatoms. The predicted molar refractivity (Wildman–Crippen MR) is 150 cm³/mol. The van der Waals surface area contributed by atoms with E-state index in [-0.39, 0.29) is 0 Å². The number of anilines is 1. The summed E-state index contributed by atoms with van der Waals surface area (Å²) in [6.07, 6.45) is 0.433. The molecule has 2 aromatic carbocycles. The first-order valence-electron chi connectivity index (χ1n) is 12.7. The summed E-state index contributed by atoms with van der Waals surface area (Å²) in [7, 11) is 0. The number of ether oxygens (including phenoxy) is 1. The summed E-state index contributed by atoms with van der Waals surface area (Å²) in [5, 5.41) is 23.2. The molecule has 3 heterocycles. The van der Waals surface area contributed by atoms with Crippen molar-refractivity contribution in [1.82, 2.24) is 14.8 Å². The zero-order valence-electron chi connectivity index (χ0n) is 21.9. The van der Waals surface area contributed by atoms with Crippen LogP contribution in [0.3, 0.4) is 0 Å². The number of carboxylic acid groups (broad SMARTS) is 1. The van der Waals surface area contributed by atoms with Gasteiger partial charge in [0, 0.05) is 28.2 Å². The molecular formula is C29H31N5O3S. The SMILES string of the molecule is CC[C@H](C(=O)O)C1N=C(c2ccc(NCCOc3ccccc3)cc2)c2c(sc(C)c2C)-n2c(C)nnc21. The fourth-order valence-corrected chi connectivity index (χ4v) is 5.99. The molecule has 0 spiro atoms. The Morgan fingerprint density at radius 1 is 1.11 bits per heavy atom. The fourth-order valence-electron chi connectivity index (χ4n) is 4.78. The summed E-state index contributed by atoms with van der Waals surface area (Å²) < 4.78 is 7.77. The molecule has 2 aromatic heterocycles. The van der Waals surface area contributed by atoms with Gasteiger partial charge in [-0.15, -0.1) is 21.5 Å². The molecule has 0 amide bonds. The molecule has 0 bridgehead atoms. The predicted octanol–water partition coefficient (Wildman–Crippen LogP) is 5.75. The second-order valence-electron chi connectivity index (χ2n) is 9.35. The zero-order chi connectivity index (χ0) is 26.8. The molecule has 5 rings (SSSR count).